The largest absolute Gasteiger partial charge is 0.367 e. The zero-order valence-corrected chi connectivity index (χ0v) is 15.3. The predicted octanol–water partition coefficient (Wildman–Crippen LogP) is 4.34. The third-order valence-corrected chi connectivity index (χ3v) is 5.61. The average Bonchev–Trinajstić information content (AvgIpc) is 3.45. The second kappa shape index (κ2) is 7.12. The van der Waals surface area contributed by atoms with Gasteiger partial charge in [-0.25, -0.2) is 9.97 Å². The van der Waals surface area contributed by atoms with Crippen molar-refractivity contribution in [1.82, 2.24) is 14.9 Å². The molecular weight excluding hydrogens is 308 g/mol. The molecule has 1 N–H and O–H groups in total. The van der Waals surface area contributed by atoms with Gasteiger partial charge >= 0.3 is 0 Å². The van der Waals surface area contributed by atoms with Crippen LogP contribution in [0.4, 0.5) is 5.82 Å². The number of anilines is 1. The molecule has 25 heavy (non-hydrogen) atoms. The molecule has 0 bridgehead atoms. The molecule has 0 spiro atoms. The van der Waals surface area contributed by atoms with Crippen LogP contribution in [-0.4, -0.2) is 41.0 Å². The molecule has 0 unspecified atom stereocenters. The Labute approximate surface area is 150 Å². The quantitative estimate of drug-likeness (QED) is 0.882. The first-order valence-electron chi connectivity index (χ1n) is 9.55. The Balaban J connectivity index is 1.51. The van der Waals surface area contributed by atoms with Crippen LogP contribution in [0.25, 0.3) is 17.0 Å². The lowest BCUT2D eigenvalue weighted by Crippen LogP contribution is -2.36. The third kappa shape index (κ3) is 4.01. The van der Waals surface area contributed by atoms with Gasteiger partial charge in [0, 0.05) is 17.5 Å². The molecule has 2 aliphatic carbocycles. The van der Waals surface area contributed by atoms with Crippen LogP contribution in [0.15, 0.2) is 30.6 Å². The highest BCUT2D eigenvalue weighted by Gasteiger charge is 2.23. The Hall–Kier alpha value is -1.94. The second-order valence-corrected chi connectivity index (χ2v) is 7.81. The maximum atomic E-state index is 4.55. The van der Waals surface area contributed by atoms with E-state index in [1.165, 1.54) is 44.1 Å². The average molecular weight is 336 g/mol. The Kier molecular flexibility index (Phi) is 4.71. The first-order valence-corrected chi connectivity index (χ1v) is 9.55. The molecule has 0 atom stereocenters. The van der Waals surface area contributed by atoms with Crippen LogP contribution in [-0.2, 0) is 0 Å². The van der Waals surface area contributed by atoms with Gasteiger partial charge in [0.1, 0.15) is 12.1 Å². The molecule has 4 heteroatoms. The number of rotatable bonds is 5. The molecule has 2 saturated carbocycles. The van der Waals surface area contributed by atoms with Gasteiger partial charge in [0.15, 0.2) is 0 Å². The lowest BCUT2D eigenvalue weighted by Gasteiger charge is -2.33. The van der Waals surface area contributed by atoms with E-state index in [-0.39, 0.29) is 0 Å². The molecule has 2 aromatic rings. The molecule has 1 aromatic carbocycles. The molecule has 0 aliphatic heterocycles. The van der Waals surface area contributed by atoms with Crippen LogP contribution in [0, 0.1) is 5.92 Å². The molecule has 4 rings (SSSR count). The normalized spacial score (nSPS) is 24.3. The van der Waals surface area contributed by atoms with Crippen molar-refractivity contribution < 1.29 is 0 Å². The second-order valence-electron chi connectivity index (χ2n) is 7.81. The molecule has 0 amide bonds. The van der Waals surface area contributed by atoms with Gasteiger partial charge in [0.05, 0.1) is 5.52 Å². The highest BCUT2D eigenvalue weighted by molar-refractivity contribution is 5.90. The summed E-state index contributed by atoms with van der Waals surface area (Å²) in [6.07, 6.45) is 13.9. The van der Waals surface area contributed by atoms with Crippen molar-refractivity contribution in [2.24, 2.45) is 5.92 Å². The molecular formula is C21H28N4. The van der Waals surface area contributed by atoms with Crippen molar-refractivity contribution in [3.05, 3.63) is 36.2 Å². The summed E-state index contributed by atoms with van der Waals surface area (Å²) in [5, 5.41) is 4.83. The summed E-state index contributed by atoms with van der Waals surface area (Å²) in [5.74, 6) is 1.78. The zero-order chi connectivity index (χ0) is 17.2. The maximum Gasteiger partial charge on any atom is 0.137 e. The van der Waals surface area contributed by atoms with Crippen LogP contribution in [0.5, 0.6) is 0 Å². The van der Waals surface area contributed by atoms with Crippen LogP contribution in [0.2, 0.25) is 0 Å². The van der Waals surface area contributed by atoms with E-state index in [0.29, 0.717) is 6.04 Å². The molecule has 2 aliphatic rings. The standard InChI is InChI=1S/C21H28N4/c1-25(2)18-10-8-17(9-11-18)24-21-19-13-16(6-5-15-3-4-15)7-12-20(19)22-14-23-21/h5-7,12-15,17-18H,3-4,8-11H2,1-2H3,(H,22,23,24)/b6-5+. The third-order valence-electron chi connectivity index (χ3n) is 5.61. The van der Waals surface area contributed by atoms with E-state index in [1.807, 2.05) is 0 Å². The van der Waals surface area contributed by atoms with Crippen LogP contribution in [0.3, 0.4) is 0 Å². The fourth-order valence-electron chi connectivity index (χ4n) is 3.76. The molecule has 1 aromatic heterocycles. The Morgan fingerprint density at radius 1 is 1.04 bits per heavy atom. The number of hydrogen-bond acceptors (Lipinski definition) is 4. The molecule has 0 radical (unpaired) electrons. The van der Waals surface area contributed by atoms with Gasteiger partial charge < -0.3 is 10.2 Å². The zero-order valence-electron chi connectivity index (χ0n) is 15.3. The van der Waals surface area contributed by atoms with Gasteiger partial charge in [-0.05, 0) is 76.2 Å². The van der Waals surface area contributed by atoms with E-state index in [1.54, 1.807) is 6.33 Å². The number of hydrogen-bond donors (Lipinski definition) is 1. The fraction of sp³-hybridized carbons (Fsp3) is 0.524. The predicted molar refractivity (Wildman–Crippen MR) is 105 cm³/mol. The van der Waals surface area contributed by atoms with E-state index in [2.05, 4.69) is 64.6 Å². The van der Waals surface area contributed by atoms with E-state index in [0.717, 1.165) is 28.7 Å². The Morgan fingerprint density at radius 3 is 2.56 bits per heavy atom. The van der Waals surface area contributed by atoms with Gasteiger partial charge in [0.2, 0.25) is 0 Å². The van der Waals surface area contributed by atoms with E-state index in [4.69, 9.17) is 0 Å². The van der Waals surface area contributed by atoms with Crippen LogP contribution in [0.1, 0.15) is 44.1 Å². The number of allylic oxidation sites excluding steroid dienone is 1. The summed E-state index contributed by atoms with van der Waals surface area (Å²) < 4.78 is 0. The van der Waals surface area contributed by atoms with Gasteiger partial charge in [-0.15, -0.1) is 0 Å². The van der Waals surface area contributed by atoms with Gasteiger partial charge in [0.25, 0.3) is 0 Å². The van der Waals surface area contributed by atoms with Crippen LogP contribution < -0.4 is 5.32 Å². The number of nitrogens with zero attached hydrogens (tertiary/aromatic N) is 3. The monoisotopic (exact) mass is 336 g/mol. The van der Waals surface area contributed by atoms with E-state index < -0.39 is 0 Å². The summed E-state index contributed by atoms with van der Waals surface area (Å²) in [6, 6.07) is 7.72. The van der Waals surface area contributed by atoms with Crippen LogP contribution >= 0.6 is 0 Å². The molecule has 4 nitrogen and oxygen atoms in total. The minimum absolute atomic E-state index is 0.514. The van der Waals surface area contributed by atoms with Crippen molar-refractivity contribution in [3.63, 3.8) is 0 Å². The summed E-state index contributed by atoms with van der Waals surface area (Å²) in [7, 11) is 4.38. The van der Waals surface area contributed by atoms with Gasteiger partial charge in [-0.1, -0.05) is 18.2 Å². The minimum Gasteiger partial charge on any atom is -0.367 e. The summed E-state index contributed by atoms with van der Waals surface area (Å²) in [4.78, 5) is 11.3. The first-order chi connectivity index (χ1) is 12.2. The lowest BCUT2D eigenvalue weighted by atomic mass is 9.90. The topological polar surface area (TPSA) is 41.0 Å². The maximum absolute atomic E-state index is 4.55. The van der Waals surface area contributed by atoms with Crippen molar-refractivity contribution in [2.45, 2.75) is 50.6 Å². The Bertz CT molecular complexity index is 756. The van der Waals surface area contributed by atoms with Gasteiger partial charge in [-0.2, -0.15) is 0 Å². The smallest absolute Gasteiger partial charge is 0.137 e. The minimum atomic E-state index is 0.514. The van der Waals surface area contributed by atoms with Crippen molar-refractivity contribution in [2.75, 3.05) is 19.4 Å². The molecule has 132 valence electrons. The lowest BCUT2D eigenvalue weighted by molar-refractivity contribution is 0.221. The number of benzene rings is 1. The van der Waals surface area contributed by atoms with Crippen molar-refractivity contribution >= 4 is 22.8 Å². The first kappa shape index (κ1) is 16.5. The van der Waals surface area contributed by atoms with Gasteiger partial charge in [-0.3, -0.25) is 0 Å². The number of aromatic nitrogens is 2. The van der Waals surface area contributed by atoms with E-state index >= 15 is 0 Å². The van der Waals surface area contributed by atoms with E-state index in [9.17, 15) is 0 Å². The van der Waals surface area contributed by atoms with Crippen molar-refractivity contribution in [1.29, 1.82) is 0 Å². The van der Waals surface area contributed by atoms with Crippen molar-refractivity contribution in [3.8, 4) is 0 Å². The highest BCUT2D eigenvalue weighted by Crippen LogP contribution is 2.31. The molecule has 0 saturated heterocycles. The highest BCUT2D eigenvalue weighted by atomic mass is 15.1. The molecule has 1 heterocycles. The summed E-state index contributed by atoms with van der Waals surface area (Å²) in [5.41, 5.74) is 2.26. The summed E-state index contributed by atoms with van der Waals surface area (Å²) >= 11 is 0. The number of nitrogens with one attached hydrogen (secondary N) is 1. The fourth-order valence-corrected chi connectivity index (χ4v) is 3.76. The molecule has 2 fully saturated rings. The SMILES string of the molecule is CN(C)C1CCC(Nc2ncnc3ccc(/C=C/C4CC4)cc23)CC1. The Morgan fingerprint density at radius 2 is 1.84 bits per heavy atom. The number of fused-ring (bicyclic) bond motifs is 1. The summed E-state index contributed by atoms with van der Waals surface area (Å²) in [6.45, 7) is 0.